The zero-order chi connectivity index (χ0) is 16.2. The van der Waals surface area contributed by atoms with Gasteiger partial charge in [-0.1, -0.05) is 13.0 Å². The lowest BCUT2D eigenvalue weighted by molar-refractivity contribution is 0.0512. The number of allylic oxidation sites excluding steroid dienone is 1. The van der Waals surface area contributed by atoms with Crippen molar-refractivity contribution < 1.29 is 24.5 Å². The topological polar surface area (TPSA) is 83.8 Å². The smallest absolute Gasteiger partial charge is 0.340 e. The van der Waals surface area contributed by atoms with Crippen molar-refractivity contribution in [2.75, 3.05) is 6.61 Å². The predicted molar refractivity (Wildman–Crippen MR) is 79.0 cm³/mol. The summed E-state index contributed by atoms with van der Waals surface area (Å²) < 4.78 is 4.92. The van der Waals surface area contributed by atoms with Gasteiger partial charge in [0, 0.05) is 5.56 Å². The average Bonchev–Trinajstić information content (AvgIpc) is 2.42. The van der Waals surface area contributed by atoms with Crippen molar-refractivity contribution in [3.8, 4) is 5.75 Å². The Bertz CT molecular complexity index is 587. The third-order valence-electron chi connectivity index (χ3n) is 3.36. The van der Waals surface area contributed by atoms with Crippen LogP contribution in [0.3, 0.4) is 0 Å². The van der Waals surface area contributed by atoms with Gasteiger partial charge in [-0.05, 0) is 37.8 Å². The first-order valence-corrected chi connectivity index (χ1v) is 6.79. The molecule has 5 heteroatoms. The van der Waals surface area contributed by atoms with Crippen LogP contribution in [-0.4, -0.2) is 28.8 Å². The lowest BCUT2D eigenvalue weighted by Gasteiger charge is -2.18. The summed E-state index contributed by atoms with van der Waals surface area (Å²) in [7, 11) is 0. The van der Waals surface area contributed by atoms with Crippen LogP contribution in [0.2, 0.25) is 0 Å². The molecule has 0 saturated heterocycles. The van der Waals surface area contributed by atoms with Gasteiger partial charge in [0.2, 0.25) is 0 Å². The fraction of sp³-hybridized carbons (Fsp3) is 0.375. The van der Waals surface area contributed by atoms with Crippen LogP contribution in [0.4, 0.5) is 0 Å². The average molecular weight is 292 g/mol. The molecule has 0 aromatic heterocycles. The zero-order valence-corrected chi connectivity index (χ0v) is 12.5. The van der Waals surface area contributed by atoms with Gasteiger partial charge < -0.3 is 14.9 Å². The highest BCUT2D eigenvalue weighted by Gasteiger charge is 2.28. The van der Waals surface area contributed by atoms with Crippen molar-refractivity contribution in [2.24, 2.45) is 0 Å². The van der Waals surface area contributed by atoms with Gasteiger partial charge in [-0.2, -0.15) is 0 Å². The van der Waals surface area contributed by atoms with Gasteiger partial charge in [0.1, 0.15) is 11.3 Å². The molecule has 0 heterocycles. The number of carbonyl (C=O) groups excluding carboxylic acids is 1. The van der Waals surface area contributed by atoms with Gasteiger partial charge in [-0.15, -0.1) is 6.58 Å². The minimum absolute atomic E-state index is 0.0773. The monoisotopic (exact) mass is 292 g/mol. The summed E-state index contributed by atoms with van der Waals surface area (Å²) >= 11 is 0. The summed E-state index contributed by atoms with van der Waals surface area (Å²) in [6.45, 7) is 8.93. The van der Waals surface area contributed by atoms with Gasteiger partial charge in [-0.25, -0.2) is 9.59 Å². The molecule has 0 aliphatic rings. The van der Waals surface area contributed by atoms with E-state index in [1.807, 2.05) is 6.92 Å². The number of esters is 1. The van der Waals surface area contributed by atoms with Crippen molar-refractivity contribution in [1.29, 1.82) is 0 Å². The molecule has 0 atom stereocenters. The van der Waals surface area contributed by atoms with Crippen molar-refractivity contribution >= 4 is 11.9 Å². The maximum atomic E-state index is 12.1. The molecule has 0 amide bonds. The third kappa shape index (κ3) is 3.07. The second-order valence-electron chi connectivity index (χ2n) is 4.55. The first-order valence-electron chi connectivity index (χ1n) is 6.79. The van der Waals surface area contributed by atoms with Crippen LogP contribution in [0, 0.1) is 6.92 Å². The van der Waals surface area contributed by atoms with Gasteiger partial charge in [-0.3, -0.25) is 0 Å². The van der Waals surface area contributed by atoms with Crippen LogP contribution in [0.25, 0.3) is 0 Å². The van der Waals surface area contributed by atoms with E-state index in [9.17, 15) is 19.8 Å². The SMILES string of the molecule is C=CCc1c(O)c(C(=O)O)c(C(=O)OCC)c(C)c1CC. The van der Waals surface area contributed by atoms with Crippen LogP contribution >= 0.6 is 0 Å². The molecule has 0 bridgehead atoms. The maximum Gasteiger partial charge on any atom is 0.340 e. The molecule has 0 saturated carbocycles. The largest absolute Gasteiger partial charge is 0.507 e. The third-order valence-corrected chi connectivity index (χ3v) is 3.36. The van der Waals surface area contributed by atoms with Crippen LogP contribution < -0.4 is 0 Å². The summed E-state index contributed by atoms with van der Waals surface area (Å²) in [6, 6.07) is 0. The highest BCUT2D eigenvalue weighted by molar-refractivity contribution is 6.06. The van der Waals surface area contributed by atoms with E-state index < -0.39 is 17.5 Å². The second-order valence-corrected chi connectivity index (χ2v) is 4.55. The number of carboxylic acid groups (broad SMARTS) is 1. The minimum Gasteiger partial charge on any atom is -0.507 e. The summed E-state index contributed by atoms with van der Waals surface area (Å²) in [5.41, 5.74) is 1.30. The fourth-order valence-electron chi connectivity index (χ4n) is 2.49. The molecule has 21 heavy (non-hydrogen) atoms. The quantitative estimate of drug-likeness (QED) is 0.622. The lowest BCUT2D eigenvalue weighted by atomic mass is 9.88. The number of carbonyl (C=O) groups is 2. The number of phenols is 1. The van der Waals surface area contributed by atoms with Crippen molar-refractivity contribution in [3.05, 3.63) is 40.5 Å². The molecule has 0 spiro atoms. The Hall–Kier alpha value is -2.30. The van der Waals surface area contributed by atoms with E-state index in [0.717, 1.165) is 5.56 Å². The number of rotatable bonds is 6. The molecular weight excluding hydrogens is 272 g/mol. The first kappa shape index (κ1) is 16.8. The van der Waals surface area contributed by atoms with E-state index in [2.05, 4.69) is 6.58 Å². The van der Waals surface area contributed by atoms with Crippen LogP contribution in [-0.2, 0) is 17.6 Å². The zero-order valence-electron chi connectivity index (χ0n) is 12.5. The van der Waals surface area contributed by atoms with E-state index in [0.29, 0.717) is 24.0 Å². The Morgan fingerprint density at radius 2 is 1.86 bits per heavy atom. The molecule has 2 N–H and O–H groups in total. The number of benzene rings is 1. The number of carboxylic acids is 1. The van der Waals surface area contributed by atoms with Gasteiger partial charge in [0.25, 0.3) is 0 Å². The predicted octanol–water partition coefficient (Wildman–Crippen LogP) is 2.87. The molecule has 0 aliphatic carbocycles. The number of ether oxygens (including phenoxy) is 1. The molecule has 0 radical (unpaired) electrons. The van der Waals surface area contributed by atoms with Gasteiger partial charge in [0.05, 0.1) is 12.2 Å². The van der Waals surface area contributed by atoms with Crippen molar-refractivity contribution in [1.82, 2.24) is 0 Å². The van der Waals surface area contributed by atoms with E-state index in [1.54, 1.807) is 19.9 Å². The highest BCUT2D eigenvalue weighted by atomic mass is 16.5. The van der Waals surface area contributed by atoms with E-state index >= 15 is 0 Å². The molecule has 0 unspecified atom stereocenters. The standard InChI is InChI=1S/C16H20O5/c1-5-8-11-10(6-2)9(4)12(16(20)21-7-3)13(14(11)17)15(18)19/h5,17H,1,6-8H2,2-4H3,(H,18,19). The van der Waals surface area contributed by atoms with Gasteiger partial charge in [0.15, 0.2) is 0 Å². The number of aromatic carboxylic acids is 1. The number of hydrogen-bond donors (Lipinski definition) is 2. The number of hydrogen-bond acceptors (Lipinski definition) is 4. The summed E-state index contributed by atoms with van der Waals surface area (Å²) in [6.07, 6.45) is 2.48. The Morgan fingerprint density at radius 1 is 1.24 bits per heavy atom. The number of aromatic hydroxyl groups is 1. The molecule has 1 aromatic carbocycles. The molecular formula is C16H20O5. The van der Waals surface area contributed by atoms with Crippen LogP contribution in [0.15, 0.2) is 12.7 Å². The maximum absolute atomic E-state index is 12.1. The van der Waals surface area contributed by atoms with Crippen molar-refractivity contribution in [2.45, 2.75) is 33.6 Å². The first-order chi connectivity index (χ1) is 9.90. The molecule has 1 rings (SSSR count). The minimum atomic E-state index is -1.35. The normalized spacial score (nSPS) is 10.2. The summed E-state index contributed by atoms with van der Waals surface area (Å²) in [5.74, 6) is -2.47. The van der Waals surface area contributed by atoms with Crippen LogP contribution in [0.1, 0.15) is 51.3 Å². The van der Waals surface area contributed by atoms with E-state index in [4.69, 9.17) is 4.74 Å². The van der Waals surface area contributed by atoms with Gasteiger partial charge >= 0.3 is 11.9 Å². The van der Waals surface area contributed by atoms with E-state index in [1.165, 1.54) is 0 Å². The lowest BCUT2D eigenvalue weighted by Crippen LogP contribution is -2.17. The van der Waals surface area contributed by atoms with Crippen LogP contribution in [0.5, 0.6) is 5.75 Å². The Balaban J connectivity index is 3.77. The molecule has 114 valence electrons. The van der Waals surface area contributed by atoms with E-state index in [-0.39, 0.29) is 17.9 Å². The molecule has 0 aliphatic heterocycles. The Morgan fingerprint density at radius 3 is 2.29 bits per heavy atom. The van der Waals surface area contributed by atoms with Crippen molar-refractivity contribution in [3.63, 3.8) is 0 Å². The highest BCUT2D eigenvalue weighted by Crippen LogP contribution is 2.34. The fourth-order valence-corrected chi connectivity index (χ4v) is 2.49. The molecule has 0 fully saturated rings. The molecule has 5 nitrogen and oxygen atoms in total. The molecule has 1 aromatic rings. The Labute approximate surface area is 123 Å². The Kier molecular flexibility index (Phi) is 5.52. The summed E-state index contributed by atoms with van der Waals surface area (Å²) in [5, 5.41) is 19.6. The summed E-state index contributed by atoms with van der Waals surface area (Å²) in [4.78, 5) is 23.5. The second kappa shape index (κ2) is 6.92.